The minimum atomic E-state index is 0. The Morgan fingerprint density at radius 2 is 1.17 bits per heavy atom. The quantitative estimate of drug-likeness (QED) is 0.452. The van der Waals surface area contributed by atoms with Crippen LogP contribution in [0.4, 0.5) is 0 Å². The van der Waals surface area contributed by atoms with Crippen LogP contribution in [0, 0.1) is 6.92 Å². The zero-order chi connectivity index (χ0) is 7.94. The van der Waals surface area contributed by atoms with Gasteiger partial charge in [0.2, 0.25) is 0 Å². The van der Waals surface area contributed by atoms with Crippen LogP contribution in [0.15, 0.2) is 54.6 Å². The van der Waals surface area contributed by atoms with Gasteiger partial charge in [0.15, 0.2) is 0 Å². The van der Waals surface area contributed by atoms with E-state index in [2.05, 4.69) is 19.1 Å². The van der Waals surface area contributed by atoms with Gasteiger partial charge < -0.3 is 30.3 Å². The summed E-state index contributed by atoms with van der Waals surface area (Å²) in [6, 6.07) is 18.2. The zero-order valence-corrected chi connectivity index (χ0v) is 8.15. The molecule has 70 valence electrons. The van der Waals surface area contributed by atoms with Gasteiger partial charge in [-0.3, -0.25) is 0 Å². The summed E-state index contributed by atoms with van der Waals surface area (Å²) in [6.07, 6.45) is 0. The van der Waals surface area contributed by atoms with E-state index in [0.29, 0.717) is 0 Å². The van der Waals surface area contributed by atoms with Crippen molar-refractivity contribution in [2.45, 2.75) is 6.92 Å². The molecule has 0 aliphatic carbocycles. The zero-order valence-electron chi connectivity index (χ0n) is 7.05. The minimum Gasteiger partial charge on any atom is -0.748 e. The molecule has 0 bridgehead atoms. The predicted molar refractivity (Wildman–Crippen MR) is 48.8 cm³/mol. The molecule has 0 N–H and O–H groups in total. The van der Waals surface area contributed by atoms with E-state index in [4.69, 9.17) is 0 Å². The molecule has 0 fully saturated rings. The van der Waals surface area contributed by atoms with Crippen LogP contribution in [-0.2, 0) is 17.1 Å². The van der Waals surface area contributed by atoms with Gasteiger partial charge in [-0.25, -0.2) is 12.1 Å². The smallest absolute Gasteiger partial charge is 0 e. The van der Waals surface area contributed by atoms with Crippen molar-refractivity contribution in [2.75, 3.05) is 0 Å². The van der Waals surface area contributed by atoms with Gasteiger partial charge in [-0.05, 0) is 0 Å². The van der Waals surface area contributed by atoms with Crippen LogP contribution in [0.5, 0.6) is 0 Å². The molecule has 0 aromatic heterocycles. The van der Waals surface area contributed by atoms with Crippen molar-refractivity contribution in [1.82, 2.24) is 0 Å². The molecule has 0 unspecified atom stereocenters. The van der Waals surface area contributed by atoms with Gasteiger partial charge in [-0.15, -0.1) is 0 Å². The van der Waals surface area contributed by atoms with Gasteiger partial charge in [-0.1, -0.05) is 6.92 Å². The molecule has 0 heterocycles. The Kier molecular flexibility index (Phi) is 6.45. The van der Waals surface area contributed by atoms with Gasteiger partial charge >= 0.3 is 0 Å². The van der Waals surface area contributed by atoms with Crippen LogP contribution in [0.1, 0.15) is 5.56 Å². The van der Waals surface area contributed by atoms with Crippen molar-refractivity contribution in [3.8, 4) is 0 Å². The summed E-state index contributed by atoms with van der Waals surface area (Å²) < 4.78 is 0. The summed E-state index contributed by atoms with van der Waals surface area (Å²) in [7, 11) is 0. The molecular formula is C11H12Fe-6. The van der Waals surface area contributed by atoms with Crippen molar-refractivity contribution in [2.24, 2.45) is 0 Å². The van der Waals surface area contributed by atoms with Crippen LogP contribution in [0.2, 0.25) is 0 Å². The van der Waals surface area contributed by atoms with E-state index in [1.54, 1.807) is 0 Å². The Morgan fingerprint density at radius 3 is 1.33 bits per heavy atom. The Bertz CT molecular complexity index is 223. The minimum absolute atomic E-state index is 0. The molecule has 2 aromatic carbocycles. The van der Waals surface area contributed by atoms with Crippen molar-refractivity contribution >= 4 is 0 Å². The van der Waals surface area contributed by atoms with Crippen LogP contribution < -0.4 is 0 Å². The fourth-order valence-electron chi connectivity index (χ4n) is 0.791. The molecule has 1 heteroatoms. The van der Waals surface area contributed by atoms with Gasteiger partial charge in [0.25, 0.3) is 0 Å². The summed E-state index contributed by atoms with van der Waals surface area (Å²) in [5.41, 5.74) is 1.34. The van der Waals surface area contributed by atoms with E-state index >= 15 is 0 Å². The first-order valence-corrected chi connectivity index (χ1v) is 3.74. The second-order valence-corrected chi connectivity index (χ2v) is 2.42. The summed E-state index contributed by atoms with van der Waals surface area (Å²) in [5, 5.41) is 0. The number of hydrogen-bond acceptors (Lipinski definition) is 0. The monoisotopic (exact) mass is 200 g/mol. The molecule has 0 spiro atoms. The van der Waals surface area contributed by atoms with Gasteiger partial charge in [-0.2, -0.15) is 17.7 Å². The standard InChI is InChI=1S/C6H7.C5H5.Fe/c1-6-4-2-3-5-6;1-2-4-5-3-1;/h2-5H,1H3;1-5H;/q-1;-5;. The van der Waals surface area contributed by atoms with E-state index in [1.165, 1.54) is 5.56 Å². The molecule has 0 saturated carbocycles. The van der Waals surface area contributed by atoms with Gasteiger partial charge in [0, 0.05) is 17.1 Å². The average Bonchev–Trinajstić information content (AvgIpc) is 2.57. The molecule has 2 rings (SSSR count). The van der Waals surface area contributed by atoms with Crippen LogP contribution >= 0.6 is 0 Å². The number of rotatable bonds is 0. The molecule has 0 radical (unpaired) electrons. The maximum Gasteiger partial charge on any atom is 0 e. The van der Waals surface area contributed by atoms with Crippen molar-refractivity contribution in [3.05, 3.63) is 60.2 Å². The van der Waals surface area contributed by atoms with E-state index in [-0.39, 0.29) is 17.1 Å². The summed E-state index contributed by atoms with van der Waals surface area (Å²) in [6.45, 7) is 2.08. The first-order valence-electron chi connectivity index (χ1n) is 3.74. The third-order valence-corrected chi connectivity index (χ3v) is 1.38. The SMILES string of the molecule is C[c-]1cccc1.[Fe].[cH-]1[cH-][cH-][cH-][cH-]1. The first kappa shape index (κ1) is 11.2. The van der Waals surface area contributed by atoms with E-state index in [1.807, 2.05) is 42.5 Å². The average molecular weight is 200 g/mol. The molecule has 0 aliphatic rings. The fraction of sp³-hybridized carbons (Fsp3) is 0.0909. The Hall–Kier alpha value is -0.781. The molecule has 2 aromatic rings. The van der Waals surface area contributed by atoms with E-state index in [0.717, 1.165) is 0 Å². The number of hydrogen-bond donors (Lipinski definition) is 0. The summed E-state index contributed by atoms with van der Waals surface area (Å²) in [5.74, 6) is 0. The molecule has 0 amide bonds. The largest absolute Gasteiger partial charge is 0.748 e. The van der Waals surface area contributed by atoms with E-state index in [9.17, 15) is 0 Å². The molecule has 0 nitrogen and oxygen atoms in total. The second-order valence-electron chi connectivity index (χ2n) is 2.42. The first-order chi connectivity index (χ1) is 5.39. The Labute approximate surface area is 84.4 Å². The van der Waals surface area contributed by atoms with E-state index < -0.39 is 0 Å². The predicted octanol–water partition coefficient (Wildman–Crippen LogP) is 3.12. The third kappa shape index (κ3) is 4.95. The summed E-state index contributed by atoms with van der Waals surface area (Å²) in [4.78, 5) is 0. The maximum absolute atomic E-state index is 2.08. The topological polar surface area (TPSA) is 0 Å². The van der Waals surface area contributed by atoms with Crippen LogP contribution in [0.3, 0.4) is 0 Å². The molecule has 12 heavy (non-hydrogen) atoms. The van der Waals surface area contributed by atoms with Gasteiger partial charge in [0.05, 0.1) is 0 Å². The Morgan fingerprint density at radius 1 is 0.833 bits per heavy atom. The number of aryl methyl sites for hydroxylation is 1. The summed E-state index contributed by atoms with van der Waals surface area (Å²) >= 11 is 0. The van der Waals surface area contributed by atoms with Crippen molar-refractivity contribution in [1.29, 1.82) is 0 Å². The molecule has 0 aliphatic heterocycles. The molecular weight excluding hydrogens is 188 g/mol. The maximum atomic E-state index is 2.08. The second kappa shape index (κ2) is 6.90. The van der Waals surface area contributed by atoms with Crippen LogP contribution in [-0.4, -0.2) is 0 Å². The van der Waals surface area contributed by atoms with Crippen LogP contribution in [0.25, 0.3) is 0 Å². The molecule has 0 saturated heterocycles. The third-order valence-electron chi connectivity index (χ3n) is 1.38. The molecule has 0 atom stereocenters. The Balaban J connectivity index is 0.000000189. The van der Waals surface area contributed by atoms with Gasteiger partial charge in [0.1, 0.15) is 0 Å². The van der Waals surface area contributed by atoms with Crippen molar-refractivity contribution in [3.63, 3.8) is 0 Å². The fourth-order valence-corrected chi connectivity index (χ4v) is 0.791. The van der Waals surface area contributed by atoms with Crippen molar-refractivity contribution < 1.29 is 17.1 Å². The normalized spacial score (nSPS) is 7.75.